The molecule has 0 radical (unpaired) electrons. The highest BCUT2D eigenvalue weighted by atomic mass is 35.5. The van der Waals surface area contributed by atoms with Crippen molar-refractivity contribution in [3.8, 4) is 11.5 Å². The third-order valence-corrected chi connectivity index (χ3v) is 5.70. The van der Waals surface area contributed by atoms with Gasteiger partial charge >= 0.3 is 0 Å². The van der Waals surface area contributed by atoms with Gasteiger partial charge in [-0.05, 0) is 36.8 Å². The Bertz CT molecular complexity index is 876. The van der Waals surface area contributed by atoms with Gasteiger partial charge in [-0.3, -0.25) is 4.79 Å². The maximum atomic E-state index is 12.6. The summed E-state index contributed by atoms with van der Waals surface area (Å²) in [5, 5.41) is 25.2. The van der Waals surface area contributed by atoms with Crippen molar-refractivity contribution in [3.05, 3.63) is 58.6 Å². The number of piperidine rings is 1. The number of aliphatic hydroxyl groups excluding tert-OH is 1. The Hall–Kier alpha value is -2.32. The molecule has 2 aromatic carbocycles. The number of ether oxygens (including phenoxy) is 2. The highest BCUT2D eigenvalue weighted by Gasteiger charge is 2.41. The van der Waals surface area contributed by atoms with Gasteiger partial charge < -0.3 is 29.9 Å². The van der Waals surface area contributed by atoms with E-state index in [4.69, 9.17) is 21.1 Å². The zero-order valence-electron chi connectivity index (χ0n) is 17.1. The van der Waals surface area contributed by atoms with Crippen LogP contribution in [0.5, 0.6) is 11.5 Å². The summed E-state index contributed by atoms with van der Waals surface area (Å²) < 4.78 is 10.6. The summed E-state index contributed by atoms with van der Waals surface area (Å²) in [6.07, 6.45) is -0.798. The largest absolute Gasteiger partial charge is 0.497 e. The SMILES string of the molecule is COc1ccc(CNC[C@@]2(O)CCN(C(=O)c3ccc(Cl)cc3)C[C@@H]2O)c(OC)c1. The second-order valence-corrected chi connectivity index (χ2v) is 7.85. The predicted octanol–water partition coefficient (Wildman–Crippen LogP) is 2.08. The molecule has 1 fully saturated rings. The number of halogens is 1. The second kappa shape index (κ2) is 9.66. The van der Waals surface area contributed by atoms with E-state index in [0.29, 0.717) is 35.2 Å². The van der Waals surface area contributed by atoms with Crippen molar-refractivity contribution in [2.24, 2.45) is 0 Å². The zero-order valence-corrected chi connectivity index (χ0v) is 17.9. The van der Waals surface area contributed by atoms with E-state index in [1.165, 1.54) is 0 Å². The van der Waals surface area contributed by atoms with Crippen LogP contribution in [-0.4, -0.2) is 66.6 Å². The molecule has 3 rings (SSSR count). The molecule has 1 heterocycles. The molecule has 1 amide bonds. The molecule has 0 spiro atoms. The molecular weight excluding hydrogens is 408 g/mol. The van der Waals surface area contributed by atoms with E-state index in [2.05, 4.69) is 5.32 Å². The van der Waals surface area contributed by atoms with Crippen LogP contribution in [0.2, 0.25) is 5.02 Å². The number of hydrogen-bond acceptors (Lipinski definition) is 6. The third kappa shape index (κ3) is 5.05. The van der Waals surface area contributed by atoms with E-state index in [-0.39, 0.29) is 25.4 Å². The van der Waals surface area contributed by atoms with E-state index in [0.717, 1.165) is 5.56 Å². The first-order chi connectivity index (χ1) is 14.4. The van der Waals surface area contributed by atoms with Crippen LogP contribution in [0.3, 0.4) is 0 Å². The number of benzene rings is 2. The number of carbonyl (C=O) groups excluding carboxylic acids is 1. The van der Waals surface area contributed by atoms with Gasteiger partial charge in [0.15, 0.2) is 0 Å². The Morgan fingerprint density at radius 2 is 1.97 bits per heavy atom. The van der Waals surface area contributed by atoms with Gasteiger partial charge in [0, 0.05) is 48.4 Å². The molecule has 30 heavy (non-hydrogen) atoms. The summed E-state index contributed by atoms with van der Waals surface area (Å²) in [5.74, 6) is 1.18. The van der Waals surface area contributed by atoms with Crippen LogP contribution < -0.4 is 14.8 Å². The minimum atomic E-state index is -1.32. The molecule has 1 aliphatic rings. The van der Waals surface area contributed by atoms with Crippen molar-refractivity contribution in [1.29, 1.82) is 0 Å². The molecule has 1 saturated heterocycles. The molecule has 3 N–H and O–H groups in total. The topological polar surface area (TPSA) is 91.3 Å². The molecular formula is C22H27ClN2O5. The summed E-state index contributed by atoms with van der Waals surface area (Å²) in [7, 11) is 3.18. The number of nitrogens with one attached hydrogen (secondary N) is 1. The molecule has 2 aromatic rings. The smallest absolute Gasteiger partial charge is 0.253 e. The predicted molar refractivity (Wildman–Crippen MR) is 114 cm³/mol. The van der Waals surface area contributed by atoms with Crippen molar-refractivity contribution in [2.75, 3.05) is 33.9 Å². The highest BCUT2D eigenvalue weighted by molar-refractivity contribution is 6.30. The van der Waals surface area contributed by atoms with Gasteiger partial charge in [-0.25, -0.2) is 0 Å². The quantitative estimate of drug-likeness (QED) is 0.618. The molecule has 2 atom stereocenters. The standard InChI is InChI=1S/C22H27ClN2O5/c1-29-18-8-5-16(19(11-18)30-2)12-24-14-22(28)9-10-25(13-20(22)26)21(27)15-3-6-17(23)7-4-15/h3-8,11,20,24,26,28H,9-10,12-14H2,1-2H3/t20-,22-/m0/s1. The summed E-state index contributed by atoms with van der Waals surface area (Å²) in [5.41, 5.74) is 0.0877. The van der Waals surface area contributed by atoms with Crippen LogP contribution >= 0.6 is 11.6 Å². The number of hydrogen-bond donors (Lipinski definition) is 3. The Morgan fingerprint density at radius 1 is 1.23 bits per heavy atom. The van der Waals surface area contributed by atoms with Crippen molar-refractivity contribution < 1.29 is 24.5 Å². The molecule has 162 valence electrons. The fourth-order valence-electron chi connectivity index (χ4n) is 3.54. The van der Waals surface area contributed by atoms with Gasteiger partial charge in [-0.1, -0.05) is 17.7 Å². The van der Waals surface area contributed by atoms with Crippen molar-refractivity contribution in [1.82, 2.24) is 10.2 Å². The van der Waals surface area contributed by atoms with Gasteiger partial charge in [0.2, 0.25) is 0 Å². The lowest BCUT2D eigenvalue weighted by Crippen LogP contribution is -2.60. The fourth-order valence-corrected chi connectivity index (χ4v) is 3.67. The number of aliphatic hydroxyl groups is 2. The molecule has 0 unspecified atom stereocenters. The number of nitrogens with zero attached hydrogens (tertiary/aromatic N) is 1. The van der Waals surface area contributed by atoms with Crippen LogP contribution in [0, 0.1) is 0 Å². The number of β-amino-alcohol motifs (C(OH)–C–C–N with tert-alkyl or cyclic N) is 1. The summed E-state index contributed by atoms with van der Waals surface area (Å²) >= 11 is 5.87. The van der Waals surface area contributed by atoms with Crippen LogP contribution in [0.15, 0.2) is 42.5 Å². The molecule has 8 heteroatoms. The zero-order chi connectivity index (χ0) is 21.7. The molecule has 7 nitrogen and oxygen atoms in total. The number of carbonyl (C=O) groups is 1. The average molecular weight is 435 g/mol. The van der Waals surface area contributed by atoms with Crippen molar-refractivity contribution in [3.63, 3.8) is 0 Å². The molecule has 0 aromatic heterocycles. The Balaban J connectivity index is 1.56. The number of rotatable bonds is 7. The number of methoxy groups -OCH3 is 2. The minimum absolute atomic E-state index is 0.0610. The van der Waals surface area contributed by atoms with Crippen LogP contribution in [0.4, 0.5) is 0 Å². The van der Waals surface area contributed by atoms with E-state index in [1.54, 1.807) is 49.5 Å². The van der Waals surface area contributed by atoms with Crippen LogP contribution in [0.25, 0.3) is 0 Å². The molecule has 0 aliphatic carbocycles. The van der Waals surface area contributed by atoms with Gasteiger partial charge in [-0.2, -0.15) is 0 Å². The monoisotopic (exact) mass is 434 g/mol. The summed E-state index contributed by atoms with van der Waals surface area (Å²) in [6, 6.07) is 12.1. The number of amides is 1. The average Bonchev–Trinajstić information content (AvgIpc) is 2.76. The fraction of sp³-hybridized carbons (Fsp3) is 0.409. The maximum Gasteiger partial charge on any atom is 0.253 e. The lowest BCUT2D eigenvalue weighted by Gasteiger charge is -2.42. The van der Waals surface area contributed by atoms with E-state index in [9.17, 15) is 15.0 Å². The Kier molecular flexibility index (Phi) is 7.20. The summed E-state index contributed by atoms with van der Waals surface area (Å²) in [4.78, 5) is 14.2. The molecule has 0 saturated carbocycles. The third-order valence-electron chi connectivity index (χ3n) is 5.45. The van der Waals surface area contributed by atoms with Crippen molar-refractivity contribution in [2.45, 2.75) is 24.7 Å². The van der Waals surface area contributed by atoms with Gasteiger partial charge in [0.1, 0.15) is 23.2 Å². The van der Waals surface area contributed by atoms with Crippen LogP contribution in [-0.2, 0) is 6.54 Å². The van der Waals surface area contributed by atoms with Gasteiger partial charge in [0.05, 0.1) is 14.2 Å². The van der Waals surface area contributed by atoms with Crippen LogP contribution in [0.1, 0.15) is 22.3 Å². The Morgan fingerprint density at radius 3 is 2.60 bits per heavy atom. The van der Waals surface area contributed by atoms with Gasteiger partial charge in [-0.15, -0.1) is 0 Å². The molecule has 1 aliphatic heterocycles. The number of likely N-dealkylation sites (tertiary alicyclic amines) is 1. The lowest BCUT2D eigenvalue weighted by atomic mass is 9.88. The van der Waals surface area contributed by atoms with Gasteiger partial charge in [0.25, 0.3) is 5.91 Å². The summed E-state index contributed by atoms with van der Waals surface area (Å²) in [6.45, 7) is 1.05. The maximum absolute atomic E-state index is 12.6. The highest BCUT2D eigenvalue weighted by Crippen LogP contribution is 2.26. The first kappa shape index (κ1) is 22.4. The van der Waals surface area contributed by atoms with E-state index < -0.39 is 11.7 Å². The first-order valence-corrected chi connectivity index (χ1v) is 10.1. The second-order valence-electron chi connectivity index (χ2n) is 7.41. The van der Waals surface area contributed by atoms with E-state index >= 15 is 0 Å². The van der Waals surface area contributed by atoms with E-state index in [1.807, 2.05) is 12.1 Å². The lowest BCUT2D eigenvalue weighted by molar-refractivity contribution is -0.110. The van der Waals surface area contributed by atoms with Crippen molar-refractivity contribution >= 4 is 17.5 Å². The normalized spacial score (nSPS) is 21.4. The first-order valence-electron chi connectivity index (χ1n) is 9.73. The Labute approximate surface area is 181 Å². The minimum Gasteiger partial charge on any atom is -0.497 e. The molecule has 0 bridgehead atoms.